The summed E-state index contributed by atoms with van der Waals surface area (Å²) in [5, 5.41) is 0. The lowest BCUT2D eigenvalue weighted by Crippen LogP contribution is -2.41. The van der Waals surface area contributed by atoms with Gasteiger partial charge in [0.1, 0.15) is 0 Å². The molecule has 2 rings (SSSR count). The van der Waals surface area contributed by atoms with Crippen LogP contribution in [0, 0.1) is 6.92 Å². The molecule has 0 heterocycles. The molecule has 7 heteroatoms. The Morgan fingerprint density at radius 1 is 1.09 bits per heavy atom. The second-order valence-electron chi connectivity index (χ2n) is 4.76. The molecule has 2 aromatic carbocycles. The zero-order valence-corrected chi connectivity index (χ0v) is 13.7. The Labute approximate surface area is 135 Å². The highest BCUT2D eigenvalue weighted by atomic mass is 32.2. The van der Waals surface area contributed by atoms with E-state index >= 15 is 0 Å². The van der Waals surface area contributed by atoms with Gasteiger partial charge in [-0.15, -0.1) is 4.41 Å². The molecule has 0 spiro atoms. The number of carbonyl (C=O) groups excluding carboxylic acids is 1. The zero-order valence-electron chi connectivity index (χ0n) is 12.9. The van der Waals surface area contributed by atoms with Crippen molar-refractivity contribution in [1.29, 1.82) is 0 Å². The van der Waals surface area contributed by atoms with Crippen molar-refractivity contribution in [3.05, 3.63) is 60.2 Å². The van der Waals surface area contributed by atoms with Crippen LogP contribution in [0.4, 0.5) is 10.5 Å². The fourth-order valence-corrected chi connectivity index (χ4v) is 3.00. The van der Waals surface area contributed by atoms with Crippen LogP contribution in [0.15, 0.2) is 59.5 Å². The van der Waals surface area contributed by atoms with Crippen LogP contribution in [0.5, 0.6) is 0 Å². The molecule has 0 aromatic heterocycles. The van der Waals surface area contributed by atoms with E-state index in [4.69, 9.17) is 4.74 Å². The number of rotatable bonds is 5. The summed E-state index contributed by atoms with van der Waals surface area (Å²) in [6, 6.07) is 14.8. The second kappa shape index (κ2) is 7.15. The van der Waals surface area contributed by atoms with Crippen molar-refractivity contribution in [2.75, 3.05) is 12.0 Å². The SMILES string of the molecule is CCOC(=O)N(Nc1ccccc1)S(=O)(=O)c1ccc(C)cc1. The third-order valence-corrected chi connectivity index (χ3v) is 4.59. The lowest BCUT2D eigenvalue weighted by Gasteiger charge is -2.23. The van der Waals surface area contributed by atoms with E-state index in [1.54, 1.807) is 49.4 Å². The summed E-state index contributed by atoms with van der Waals surface area (Å²) in [6.07, 6.45) is -0.989. The summed E-state index contributed by atoms with van der Waals surface area (Å²) in [5.74, 6) is 0. The Bertz CT molecular complexity index is 758. The smallest absolute Gasteiger partial charge is 0.443 e. The van der Waals surface area contributed by atoms with Crippen molar-refractivity contribution < 1.29 is 17.9 Å². The first-order valence-corrected chi connectivity index (χ1v) is 8.49. The number of anilines is 1. The van der Waals surface area contributed by atoms with Crippen LogP contribution in [-0.4, -0.2) is 25.5 Å². The Hall–Kier alpha value is -2.54. The van der Waals surface area contributed by atoms with Crippen LogP contribution in [0.25, 0.3) is 0 Å². The van der Waals surface area contributed by atoms with Gasteiger partial charge in [0.25, 0.3) is 10.0 Å². The largest absolute Gasteiger partial charge is 0.448 e. The van der Waals surface area contributed by atoms with Crippen molar-refractivity contribution in [1.82, 2.24) is 4.41 Å². The molecule has 2 aromatic rings. The topological polar surface area (TPSA) is 75.7 Å². The average Bonchev–Trinajstić information content (AvgIpc) is 2.54. The van der Waals surface area contributed by atoms with Gasteiger partial charge in [0.05, 0.1) is 17.2 Å². The molecule has 0 atom stereocenters. The summed E-state index contributed by atoms with van der Waals surface area (Å²) >= 11 is 0. The standard InChI is InChI=1S/C16H18N2O4S/c1-3-22-16(19)18(17-14-7-5-4-6-8-14)23(20,21)15-11-9-13(2)10-12-15/h4-12,17H,3H2,1-2H3. The van der Waals surface area contributed by atoms with Crippen LogP contribution in [-0.2, 0) is 14.8 Å². The molecular formula is C16H18N2O4S. The maximum atomic E-state index is 12.7. The zero-order chi connectivity index (χ0) is 16.9. The minimum absolute atomic E-state index is 0.000385. The number of hydrogen-bond donors (Lipinski definition) is 1. The number of nitrogens with one attached hydrogen (secondary N) is 1. The fraction of sp³-hybridized carbons (Fsp3) is 0.188. The predicted octanol–water partition coefficient (Wildman–Crippen LogP) is 3.17. The number of carbonyl (C=O) groups is 1. The normalized spacial score (nSPS) is 10.9. The Balaban J connectivity index is 2.39. The molecule has 0 aliphatic heterocycles. The molecule has 0 aliphatic carbocycles. The molecule has 1 amide bonds. The lowest BCUT2D eigenvalue weighted by molar-refractivity contribution is 0.136. The summed E-state index contributed by atoms with van der Waals surface area (Å²) in [5.41, 5.74) is 3.96. The molecule has 0 radical (unpaired) electrons. The molecule has 0 saturated carbocycles. The van der Waals surface area contributed by atoms with Gasteiger partial charge >= 0.3 is 6.09 Å². The number of hydrogen-bond acceptors (Lipinski definition) is 5. The summed E-state index contributed by atoms with van der Waals surface area (Å²) in [4.78, 5) is 12.1. The van der Waals surface area contributed by atoms with Gasteiger partial charge in [0.15, 0.2) is 0 Å². The van der Waals surface area contributed by atoms with E-state index in [0.717, 1.165) is 5.56 Å². The number of benzene rings is 2. The lowest BCUT2D eigenvalue weighted by atomic mass is 10.2. The van der Waals surface area contributed by atoms with E-state index in [1.165, 1.54) is 12.1 Å². The van der Waals surface area contributed by atoms with Gasteiger partial charge in [0.2, 0.25) is 0 Å². The molecule has 6 nitrogen and oxygen atoms in total. The van der Waals surface area contributed by atoms with Gasteiger partial charge in [-0.3, -0.25) is 5.43 Å². The van der Waals surface area contributed by atoms with Crippen molar-refractivity contribution in [3.8, 4) is 0 Å². The Morgan fingerprint density at radius 2 is 1.70 bits per heavy atom. The molecule has 0 fully saturated rings. The number of aryl methyl sites for hydroxylation is 1. The van der Waals surface area contributed by atoms with E-state index in [0.29, 0.717) is 10.1 Å². The molecule has 1 N–H and O–H groups in total. The number of ether oxygens (including phenoxy) is 1. The monoisotopic (exact) mass is 334 g/mol. The quantitative estimate of drug-likeness (QED) is 0.850. The maximum absolute atomic E-state index is 12.7. The van der Waals surface area contributed by atoms with Gasteiger partial charge in [-0.25, -0.2) is 4.79 Å². The fourth-order valence-electron chi connectivity index (χ4n) is 1.83. The number of amides is 1. The summed E-state index contributed by atoms with van der Waals surface area (Å²) in [7, 11) is -4.09. The predicted molar refractivity (Wildman–Crippen MR) is 87.3 cm³/mol. The highest BCUT2D eigenvalue weighted by Crippen LogP contribution is 2.19. The summed E-state index contributed by atoms with van der Waals surface area (Å²) in [6.45, 7) is 3.52. The molecule has 23 heavy (non-hydrogen) atoms. The molecule has 0 saturated heterocycles. The van der Waals surface area contributed by atoms with Crippen molar-refractivity contribution in [2.24, 2.45) is 0 Å². The van der Waals surface area contributed by atoms with Crippen LogP contribution >= 0.6 is 0 Å². The van der Waals surface area contributed by atoms with Crippen molar-refractivity contribution >= 4 is 21.8 Å². The first kappa shape index (κ1) is 16.8. The molecule has 0 bridgehead atoms. The Kier molecular flexibility index (Phi) is 5.23. The van der Waals surface area contributed by atoms with E-state index in [9.17, 15) is 13.2 Å². The molecule has 122 valence electrons. The van der Waals surface area contributed by atoms with Crippen LogP contribution in [0.2, 0.25) is 0 Å². The maximum Gasteiger partial charge on any atom is 0.443 e. The third kappa shape index (κ3) is 4.01. The number of hydrazine groups is 1. The van der Waals surface area contributed by atoms with Crippen molar-refractivity contribution in [2.45, 2.75) is 18.7 Å². The highest BCUT2D eigenvalue weighted by Gasteiger charge is 2.31. The first-order chi connectivity index (χ1) is 10.9. The van der Waals surface area contributed by atoms with Gasteiger partial charge in [0, 0.05) is 0 Å². The van der Waals surface area contributed by atoms with Crippen molar-refractivity contribution in [3.63, 3.8) is 0 Å². The highest BCUT2D eigenvalue weighted by molar-refractivity contribution is 7.89. The average molecular weight is 334 g/mol. The number of para-hydroxylation sites is 1. The van der Waals surface area contributed by atoms with E-state index in [-0.39, 0.29) is 11.5 Å². The molecule has 0 unspecified atom stereocenters. The minimum Gasteiger partial charge on any atom is -0.448 e. The van der Waals surface area contributed by atoms with E-state index < -0.39 is 16.1 Å². The van der Waals surface area contributed by atoms with Crippen LogP contribution in [0.3, 0.4) is 0 Å². The summed E-state index contributed by atoms with van der Waals surface area (Å²) < 4.78 is 30.8. The molecule has 0 aliphatic rings. The Morgan fingerprint density at radius 3 is 2.26 bits per heavy atom. The minimum atomic E-state index is -4.09. The number of nitrogens with zero attached hydrogens (tertiary/aromatic N) is 1. The van der Waals surface area contributed by atoms with E-state index in [1.807, 2.05) is 6.92 Å². The van der Waals surface area contributed by atoms with E-state index in [2.05, 4.69) is 5.43 Å². The first-order valence-electron chi connectivity index (χ1n) is 7.05. The van der Waals surface area contributed by atoms with Gasteiger partial charge in [-0.2, -0.15) is 8.42 Å². The van der Waals surface area contributed by atoms with Gasteiger partial charge in [-0.05, 0) is 38.1 Å². The molecular weight excluding hydrogens is 316 g/mol. The van der Waals surface area contributed by atoms with Gasteiger partial charge in [-0.1, -0.05) is 35.9 Å². The third-order valence-electron chi connectivity index (χ3n) is 3.00. The van der Waals surface area contributed by atoms with Gasteiger partial charge < -0.3 is 4.74 Å². The number of sulfonamides is 1. The van der Waals surface area contributed by atoms with Crippen LogP contribution < -0.4 is 5.43 Å². The van der Waals surface area contributed by atoms with Crippen LogP contribution in [0.1, 0.15) is 12.5 Å². The second-order valence-corrected chi connectivity index (χ2v) is 6.55.